The van der Waals surface area contributed by atoms with Gasteiger partial charge in [-0.2, -0.15) is 0 Å². The first-order valence-electron chi connectivity index (χ1n) is 12.3. The SMILES string of the molecule is Cc1ccc(CN2CCC(CNC(=O)c3ccc4c(c3)NC(=O)C3CCCCN43)CC2)cc1. The molecule has 0 bridgehead atoms. The molecule has 2 aromatic carbocycles. The number of fused-ring (bicyclic) bond motifs is 3. The van der Waals surface area contributed by atoms with Crippen molar-refractivity contribution < 1.29 is 9.59 Å². The van der Waals surface area contributed by atoms with Gasteiger partial charge < -0.3 is 15.5 Å². The number of piperidine rings is 2. The van der Waals surface area contributed by atoms with Crippen molar-refractivity contribution in [2.24, 2.45) is 5.92 Å². The highest BCUT2D eigenvalue weighted by Gasteiger charge is 2.34. The topological polar surface area (TPSA) is 64.7 Å². The quantitative estimate of drug-likeness (QED) is 0.730. The van der Waals surface area contributed by atoms with E-state index in [9.17, 15) is 9.59 Å². The summed E-state index contributed by atoms with van der Waals surface area (Å²) in [6.45, 7) is 6.85. The van der Waals surface area contributed by atoms with Crippen molar-refractivity contribution in [2.45, 2.75) is 51.6 Å². The molecule has 3 aliphatic heterocycles. The lowest BCUT2D eigenvalue weighted by Crippen LogP contribution is -2.50. The van der Waals surface area contributed by atoms with Crippen LogP contribution in [-0.2, 0) is 11.3 Å². The Morgan fingerprint density at radius 3 is 2.61 bits per heavy atom. The summed E-state index contributed by atoms with van der Waals surface area (Å²) < 4.78 is 0. The largest absolute Gasteiger partial charge is 0.358 e. The second-order valence-electron chi connectivity index (χ2n) is 9.84. The number of amides is 2. The molecule has 0 spiro atoms. The van der Waals surface area contributed by atoms with Crippen molar-refractivity contribution in [3.8, 4) is 0 Å². The standard InChI is InChI=1S/C27H34N4O2/c1-19-5-7-21(8-6-19)18-30-14-11-20(12-15-30)17-28-26(32)22-9-10-24-23(16-22)29-27(33)25-4-2-3-13-31(24)25/h5-10,16,20,25H,2-4,11-15,17-18H2,1H3,(H,28,32)(H,29,33). The molecule has 0 aliphatic carbocycles. The molecule has 2 N–H and O–H groups in total. The molecular weight excluding hydrogens is 412 g/mol. The molecule has 33 heavy (non-hydrogen) atoms. The van der Waals surface area contributed by atoms with E-state index < -0.39 is 0 Å². The van der Waals surface area contributed by atoms with E-state index in [0.29, 0.717) is 18.0 Å². The molecule has 6 nitrogen and oxygen atoms in total. The van der Waals surface area contributed by atoms with E-state index in [4.69, 9.17) is 0 Å². The number of likely N-dealkylation sites (tertiary alicyclic amines) is 1. The first-order valence-corrected chi connectivity index (χ1v) is 12.3. The van der Waals surface area contributed by atoms with Crippen LogP contribution in [0.4, 0.5) is 11.4 Å². The van der Waals surface area contributed by atoms with Gasteiger partial charge in [-0.15, -0.1) is 0 Å². The number of aryl methyl sites for hydroxylation is 1. The normalized spacial score (nSPS) is 21.2. The van der Waals surface area contributed by atoms with Crippen molar-refractivity contribution >= 4 is 23.2 Å². The van der Waals surface area contributed by atoms with Gasteiger partial charge in [0, 0.05) is 25.2 Å². The molecule has 0 saturated carbocycles. The van der Waals surface area contributed by atoms with Gasteiger partial charge in [-0.05, 0) is 81.8 Å². The van der Waals surface area contributed by atoms with Crippen LogP contribution in [0.1, 0.15) is 53.6 Å². The second-order valence-corrected chi connectivity index (χ2v) is 9.84. The molecule has 5 rings (SSSR count). The number of hydrogen-bond acceptors (Lipinski definition) is 4. The third-order valence-corrected chi connectivity index (χ3v) is 7.42. The first-order chi connectivity index (χ1) is 16.1. The highest BCUT2D eigenvalue weighted by atomic mass is 16.2. The molecule has 0 radical (unpaired) electrons. The number of nitrogens with one attached hydrogen (secondary N) is 2. The molecule has 2 amide bonds. The molecule has 3 heterocycles. The van der Waals surface area contributed by atoms with E-state index in [2.05, 4.69) is 51.6 Å². The fraction of sp³-hybridized carbons (Fsp3) is 0.481. The highest BCUT2D eigenvalue weighted by molar-refractivity contribution is 6.05. The lowest BCUT2D eigenvalue weighted by molar-refractivity contribution is -0.118. The number of carbonyl (C=O) groups is 2. The average molecular weight is 447 g/mol. The van der Waals surface area contributed by atoms with E-state index >= 15 is 0 Å². The van der Waals surface area contributed by atoms with Gasteiger partial charge >= 0.3 is 0 Å². The zero-order valence-corrected chi connectivity index (χ0v) is 19.5. The van der Waals surface area contributed by atoms with Gasteiger partial charge in [-0.1, -0.05) is 29.8 Å². The van der Waals surface area contributed by atoms with Crippen molar-refractivity contribution in [1.29, 1.82) is 0 Å². The molecule has 2 saturated heterocycles. The summed E-state index contributed by atoms with van der Waals surface area (Å²) in [4.78, 5) is 30.0. The summed E-state index contributed by atoms with van der Waals surface area (Å²) in [5.74, 6) is 0.502. The van der Waals surface area contributed by atoms with Crippen LogP contribution in [0.5, 0.6) is 0 Å². The third-order valence-electron chi connectivity index (χ3n) is 7.42. The summed E-state index contributed by atoms with van der Waals surface area (Å²) in [5, 5.41) is 6.15. The molecule has 0 aromatic heterocycles. The minimum absolute atomic E-state index is 0.0529. The predicted octanol–water partition coefficient (Wildman–Crippen LogP) is 3.95. The average Bonchev–Trinajstić information content (AvgIpc) is 2.85. The smallest absolute Gasteiger partial charge is 0.251 e. The van der Waals surface area contributed by atoms with Crippen LogP contribution in [0.3, 0.4) is 0 Å². The Balaban J connectivity index is 1.13. The second kappa shape index (κ2) is 9.56. The van der Waals surface area contributed by atoms with Gasteiger partial charge in [-0.25, -0.2) is 0 Å². The molecule has 6 heteroatoms. The molecular formula is C27H34N4O2. The minimum atomic E-state index is -0.0669. The zero-order valence-electron chi connectivity index (χ0n) is 19.5. The summed E-state index contributed by atoms with van der Waals surface area (Å²) in [6, 6.07) is 14.4. The van der Waals surface area contributed by atoms with Gasteiger partial charge in [0.1, 0.15) is 6.04 Å². The summed E-state index contributed by atoms with van der Waals surface area (Å²) in [5.41, 5.74) is 5.07. The molecule has 2 aromatic rings. The predicted molar refractivity (Wildman–Crippen MR) is 132 cm³/mol. The lowest BCUT2D eigenvalue weighted by atomic mass is 9.95. The van der Waals surface area contributed by atoms with E-state index in [-0.39, 0.29) is 17.9 Å². The molecule has 1 unspecified atom stereocenters. The van der Waals surface area contributed by atoms with Gasteiger partial charge in [-0.3, -0.25) is 14.5 Å². The maximum absolute atomic E-state index is 12.8. The number of nitrogens with zero attached hydrogens (tertiary/aromatic N) is 2. The first kappa shape index (κ1) is 22.0. The van der Waals surface area contributed by atoms with Crippen LogP contribution < -0.4 is 15.5 Å². The van der Waals surface area contributed by atoms with Gasteiger partial charge in [0.05, 0.1) is 11.4 Å². The Morgan fingerprint density at radius 1 is 1.03 bits per heavy atom. The zero-order chi connectivity index (χ0) is 22.8. The van der Waals surface area contributed by atoms with Crippen LogP contribution in [-0.4, -0.2) is 48.9 Å². The number of carbonyl (C=O) groups excluding carboxylic acids is 2. The fourth-order valence-corrected chi connectivity index (χ4v) is 5.38. The minimum Gasteiger partial charge on any atom is -0.358 e. The number of benzene rings is 2. The summed E-state index contributed by atoms with van der Waals surface area (Å²) in [7, 11) is 0. The molecule has 2 fully saturated rings. The summed E-state index contributed by atoms with van der Waals surface area (Å²) >= 11 is 0. The Kier molecular flexibility index (Phi) is 6.36. The summed E-state index contributed by atoms with van der Waals surface area (Å²) in [6.07, 6.45) is 5.30. The Bertz CT molecular complexity index is 1010. The Hall–Kier alpha value is -2.86. The van der Waals surface area contributed by atoms with Crippen LogP contribution in [0.2, 0.25) is 0 Å². The number of anilines is 2. The maximum Gasteiger partial charge on any atom is 0.251 e. The van der Waals surface area contributed by atoms with E-state index in [1.54, 1.807) is 0 Å². The van der Waals surface area contributed by atoms with Crippen LogP contribution >= 0.6 is 0 Å². The monoisotopic (exact) mass is 446 g/mol. The van der Waals surface area contributed by atoms with E-state index in [1.807, 2.05) is 18.2 Å². The highest BCUT2D eigenvalue weighted by Crippen LogP contribution is 2.36. The van der Waals surface area contributed by atoms with E-state index in [1.165, 1.54) is 11.1 Å². The number of rotatable bonds is 5. The Morgan fingerprint density at radius 2 is 1.82 bits per heavy atom. The molecule has 1 atom stereocenters. The fourth-order valence-electron chi connectivity index (χ4n) is 5.38. The van der Waals surface area contributed by atoms with Crippen molar-refractivity contribution in [3.05, 3.63) is 59.2 Å². The maximum atomic E-state index is 12.8. The lowest BCUT2D eigenvalue weighted by Gasteiger charge is -2.41. The third kappa shape index (κ3) is 4.91. The van der Waals surface area contributed by atoms with Gasteiger partial charge in [0.2, 0.25) is 5.91 Å². The number of hydrogen-bond donors (Lipinski definition) is 2. The van der Waals surface area contributed by atoms with Gasteiger partial charge in [0.15, 0.2) is 0 Å². The van der Waals surface area contributed by atoms with Crippen molar-refractivity contribution in [2.75, 3.05) is 36.4 Å². The van der Waals surface area contributed by atoms with E-state index in [0.717, 1.165) is 69.7 Å². The molecule has 3 aliphatic rings. The molecule has 174 valence electrons. The van der Waals surface area contributed by atoms with Crippen LogP contribution in [0.15, 0.2) is 42.5 Å². The van der Waals surface area contributed by atoms with Crippen molar-refractivity contribution in [3.63, 3.8) is 0 Å². The van der Waals surface area contributed by atoms with Crippen molar-refractivity contribution in [1.82, 2.24) is 10.2 Å². The van der Waals surface area contributed by atoms with Gasteiger partial charge in [0.25, 0.3) is 5.91 Å². The van der Waals surface area contributed by atoms with Crippen LogP contribution in [0, 0.1) is 12.8 Å². The van der Waals surface area contributed by atoms with Crippen LogP contribution in [0.25, 0.3) is 0 Å². The Labute approximate surface area is 196 Å².